The van der Waals surface area contributed by atoms with Gasteiger partial charge >= 0.3 is 0 Å². The van der Waals surface area contributed by atoms with E-state index in [1.54, 1.807) is 6.07 Å². The van der Waals surface area contributed by atoms with Crippen LogP contribution in [0, 0.1) is 6.92 Å². The minimum Gasteiger partial charge on any atom is -0.241 e. The molecule has 0 atom stereocenters. The quantitative estimate of drug-likeness (QED) is 0.700. The van der Waals surface area contributed by atoms with E-state index in [9.17, 15) is 0 Å². The Bertz CT molecular complexity index is 422. The van der Waals surface area contributed by atoms with Gasteiger partial charge in [0.25, 0.3) is 0 Å². The van der Waals surface area contributed by atoms with Crippen molar-refractivity contribution in [2.45, 2.75) is 13.3 Å². The van der Waals surface area contributed by atoms with Crippen molar-refractivity contribution in [3.63, 3.8) is 0 Å². The second-order valence-corrected chi connectivity index (χ2v) is 4.00. The molecule has 0 saturated carbocycles. The molecule has 1 nitrogen and oxygen atoms in total. The second kappa shape index (κ2) is 4.45. The van der Waals surface area contributed by atoms with Crippen LogP contribution in [-0.4, -0.2) is 4.98 Å². The molecule has 2 rings (SSSR count). The highest BCUT2D eigenvalue weighted by atomic mass is 35.5. The molecule has 0 aliphatic heterocycles. The fourth-order valence-corrected chi connectivity index (χ4v) is 1.76. The number of hydrogen-bond donors (Lipinski definition) is 0. The lowest BCUT2D eigenvalue weighted by Crippen LogP contribution is -1.92. The van der Waals surface area contributed by atoms with Crippen molar-refractivity contribution < 1.29 is 0 Å². The first kappa shape index (κ1) is 10.2. The van der Waals surface area contributed by atoms with Gasteiger partial charge in [0.15, 0.2) is 0 Å². The number of pyridine rings is 1. The summed E-state index contributed by atoms with van der Waals surface area (Å²) in [6.07, 6.45) is 0.836. The fraction of sp³-hybridized carbons (Fsp3) is 0.154. The van der Waals surface area contributed by atoms with Crippen LogP contribution >= 0.6 is 11.6 Å². The molecule has 0 unspecified atom stereocenters. The van der Waals surface area contributed by atoms with Crippen LogP contribution in [0.2, 0.25) is 5.15 Å². The lowest BCUT2D eigenvalue weighted by molar-refractivity contribution is 1.07. The molecule has 0 aliphatic rings. The van der Waals surface area contributed by atoms with Gasteiger partial charge in [0.1, 0.15) is 5.15 Å². The first-order chi connectivity index (χ1) is 7.24. The molecule has 0 saturated heterocycles. The molecule has 0 bridgehead atoms. The number of halogens is 1. The Balaban J connectivity index is 2.22. The van der Waals surface area contributed by atoms with Crippen LogP contribution in [0.1, 0.15) is 16.8 Å². The summed E-state index contributed by atoms with van der Waals surface area (Å²) in [5, 5.41) is 0.556. The van der Waals surface area contributed by atoms with Crippen LogP contribution in [0.15, 0.2) is 42.5 Å². The summed E-state index contributed by atoms with van der Waals surface area (Å²) in [6, 6.07) is 14.2. The van der Waals surface area contributed by atoms with Crippen LogP contribution in [-0.2, 0) is 6.42 Å². The molecule has 15 heavy (non-hydrogen) atoms. The fourth-order valence-electron chi connectivity index (χ4n) is 1.58. The molecule has 0 radical (unpaired) electrons. The zero-order chi connectivity index (χ0) is 10.7. The standard InChI is InChI=1S/C13H12ClN/c1-10-4-2-5-11(8-10)9-12-6-3-7-13(14)15-12/h2-8H,9H2,1H3. The van der Waals surface area contributed by atoms with Gasteiger partial charge in [-0.1, -0.05) is 47.5 Å². The monoisotopic (exact) mass is 217 g/mol. The maximum Gasteiger partial charge on any atom is 0.129 e. The summed E-state index contributed by atoms with van der Waals surface area (Å²) < 4.78 is 0. The van der Waals surface area contributed by atoms with Gasteiger partial charge < -0.3 is 0 Å². The van der Waals surface area contributed by atoms with Crippen molar-refractivity contribution in [2.75, 3.05) is 0 Å². The minimum absolute atomic E-state index is 0.556. The van der Waals surface area contributed by atoms with E-state index in [1.807, 2.05) is 12.1 Å². The van der Waals surface area contributed by atoms with E-state index < -0.39 is 0 Å². The molecule has 0 spiro atoms. The van der Waals surface area contributed by atoms with Gasteiger partial charge in [-0.05, 0) is 24.6 Å². The number of rotatable bonds is 2. The van der Waals surface area contributed by atoms with Gasteiger partial charge in [0.05, 0.1) is 0 Å². The van der Waals surface area contributed by atoms with Gasteiger partial charge in [-0.2, -0.15) is 0 Å². The van der Waals surface area contributed by atoms with Gasteiger partial charge in [-0.15, -0.1) is 0 Å². The molecule has 0 N–H and O–H groups in total. The average molecular weight is 218 g/mol. The molecule has 2 aromatic rings. The molecular formula is C13H12ClN. The van der Waals surface area contributed by atoms with Crippen molar-refractivity contribution in [1.29, 1.82) is 0 Å². The third-order valence-electron chi connectivity index (χ3n) is 2.24. The zero-order valence-corrected chi connectivity index (χ0v) is 9.33. The van der Waals surface area contributed by atoms with Crippen molar-refractivity contribution in [2.24, 2.45) is 0 Å². The summed E-state index contributed by atoms with van der Waals surface area (Å²) in [6.45, 7) is 2.09. The lowest BCUT2D eigenvalue weighted by Gasteiger charge is -2.02. The molecule has 2 heteroatoms. The van der Waals surface area contributed by atoms with E-state index in [0.29, 0.717) is 5.15 Å². The van der Waals surface area contributed by atoms with Crippen LogP contribution < -0.4 is 0 Å². The van der Waals surface area contributed by atoms with E-state index in [4.69, 9.17) is 11.6 Å². The molecule has 76 valence electrons. The Morgan fingerprint density at radius 3 is 2.67 bits per heavy atom. The predicted octanol–water partition coefficient (Wildman–Crippen LogP) is 3.63. The van der Waals surface area contributed by atoms with Crippen LogP contribution in [0.4, 0.5) is 0 Å². The molecule has 1 aromatic heterocycles. The SMILES string of the molecule is Cc1cccc(Cc2cccc(Cl)n2)c1. The summed E-state index contributed by atoms with van der Waals surface area (Å²) in [5.41, 5.74) is 3.55. The Labute approximate surface area is 94.7 Å². The molecule has 1 aromatic carbocycles. The van der Waals surface area contributed by atoms with Crippen molar-refractivity contribution >= 4 is 11.6 Å². The van der Waals surface area contributed by atoms with Crippen molar-refractivity contribution in [1.82, 2.24) is 4.98 Å². The smallest absolute Gasteiger partial charge is 0.129 e. The van der Waals surface area contributed by atoms with E-state index >= 15 is 0 Å². The number of aromatic nitrogens is 1. The minimum atomic E-state index is 0.556. The van der Waals surface area contributed by atoms with Crippen LogP contribution in [0.5, 0.6) is 0 Å². The molecule has 0 aliphatic carbocycles. The van der Waals surface area contributed by atoms with Crippen LogP contribution in [0.25, 0.3) is 0 Å². The first-order valence-electron chi connectivity index (χ1n) is 4.91. The maximum atomic E-state index is 5.83. The van der Waals surface area contributed by atoms with Crippen LogP contribution in [0.3, 0.4) is 0 Å². The van der Waals surface area contributed by atoms with Gasteiger partial charge in [-0.25, -0.2) is 4.98 Å². The Morgan fingerprint density at radius 2 is 1.93 bits per heavy atom. The Kier molecular flexibility index (Phi) is 3.02. The highest BCUT2D eigenvalue weighted by molar-refractivity contribution is 6.29. The molecule has 0 amide bonds. The highest BCUT2D eigenvalue weighted by Gasteiger charge is 1.98. The van der Waals surface area contributed by atoms with Gasteiger partial charge in [0.2, 0.25) is 0 Å². The molecule has 0 fully saturated rings. The topological polar surface area (TPSA) is 12.9 Å². The number of aryl methyl sites for hydroxylation is 1. The zero-order valence-electron chi connectivity index (χ0n) is 8.57. The number of nitrogens with zero attached hydrogens (tertiary/aromatic N) is 1. The van der Waals surface area contributed by atoms with E-state index in [1.165, 1.54) is 11.1 Å². The first-order valence-corrected chi connectivity index (χ1v) is 5.29. The van der Waals surface area contributed by atoms with E-state index in [0.717, 1.165) is 12.1 Å². The average Bonchev–Trinajstić information content (AvgIpc) is 2.17. The van der Waals surface area contributed by atoms with Gasteiger partial charge in [-0.3, -0.25) is 0 Å². The summed E-state index contributed by atoms with van der Waals surface area (Å²) in [5.74, 6) is 0. The summed E-state index contributed by atoms with van der Waals surface area (Å²) >= 11 is 5.83. The normalized spacial score (nSPS) is 10.3. The largest absolute Gasteiger partial charge is 0.241 e. The van der Waals surface area contributed by atoms with E-state index in [-0.39, 0.29) is 0 Å². The number of hydrogen-bond acceptors (Lipinski definition) is 1. The lowest BCUT2D eigenvalue weighted by atomic mass is 10.1. The Morgan fingerprint density at radius 1 is 1.13 bits per heavy atom. The molecular weight excluding hydrogens is 206 g/mol. The van der Waals surface area contributed by atoms with Gasteiger partial charge in [0, 0.05) is 12.1 Å². The Hall–Kier alpha value is -1.34. The highest BCUT2D eigenvalue weighted by Crippen LogP contribution is 2.11. The molecule has 1 heterocycles. The van der Waals surface area contributed by atoms with Crippen molar-refractivity contribution in [3.8, 4) is 0 Å². The summed E-state index contributed by atoms with van der Waals surface area (Å²) in [7, 11) is 0. The summed E-state index contributed by atoms with van der Waals surface area (Å²) in [4.78, 5) is 4.26. The second-order valence-electron chi connectivity index (χ2n) is 3.62. The maximum absolute atomic E-state index is 5.83. The predicted molar refractivity (Wildman–Crippen MR) is 63.2 cm³/mol. The third kappa shape index (κ3) is 2.80. The van der Waals surface area contributed by atoms with E-state index in [2.05, 4.69) is 36.2 Å². The number of benzene rings is 1. The van der Waals surface area contributed by atoms with Crippen molar-refractivity contribution in [3.05, 3.63) is 64.4 Å². The third-order valence-corrected chi connectivity index (χ3v) is 2.45.